The van der Waals surface area contributed by atoms with Crippen LogP contribution in [0.1, 0.15) is 25.5 Å². The van der Waals surface area contributed by atoms with Crippen LogP contribution in [0.4, 0.5) is 0 Å². The van der Waals surface area contributed by atoms with Gasteiger partial charge in [0.1, 0.15) is 6.54 Å². The van der Waals surface area contributed by atoms with Crippen molar-refractivity contribution >= 4 is 15.9 Å². The van der Waals surface area contributed by atoms with Crippen molar-refractivity contribution in [3.05, 3.63) is 64.6 Å². The average Bonchev–Trinajstić information content (AvgIpc) is 2.61. The first-order valence-electron chi connectivity index (χ1n) is 8.60. The summed E-state index contributed by atoms with van der Waals surface area (Å²) in [6.45, 7) is 3.73. The van der Waals surface area contributed by atoms with Gasteiger partial charge in [0, 0.05) is 26.4 Å². The van der Waals surface area contributed by atoms with E-state index in [9.17, 15) is 18.0 Å². The number of amides is 1. The molecule has 8 heteroatoms. The first kappa shape index (κ1) is 20.9. The van der Waals surface area contributed by atoms with Crippen LogP contribution in [0.25, 0.3) is 0 Å². The molecule has 0 radical (unpaired) electrons. The fourth-order valence-electron chi connectivity index (χ4n) is 2.67. The van der Waals surface area contributed by atoms with Gasteiger partial charge in [-0.15, -0.1) is 0 Å². The molecule has 1 unspecified atom stereocenters. The molecule has 1 aromatic carbocycles. The fraction of sp³-hybridized carbons (Fsp3) is 0.368. The number of nitrogens with one attached hydrogen (secondary N) is 1. The Morgan fingerprint density at radius 1 is 1.11 bits per heavy atom. The van der Waals surface area contributed by atoms with Gasteiger partial charge in [0.25, 0.3) is 5.56 Å². The molecule has 0 aliphatic heterocycles. The molecule has 0 aliphatic rings. The third-order valence-corrected chi connectivity index (χ3v) is 5.99. The van der Waals surface area contributed by atoms with Crippen molar-refractivity contribution in [2.24, 2.45) is 5.92 Å². The second-order valence-corrected chi connectivity index (χ2v) is 8.97. The van der Waals surface area contributed by atoms with Crippen LogP contribution in [0.2, 0.25) is 0 Å². The molecule has 1 aromatic heterocycles. The SMILES string of the molecule is CC(C)C(NC(=O)Cn1cc(S(=O)(=O)N(C)C)ccc1=O)c1ccccc1. The van der Waals surface area contributed by atoms with Gasteiger partial charge in [-0.05, 0) is 17.5 Å². The summed E-state index contributed by atoms with van der Waals surface area (Å²) in [6.07, 6.45) is 1.20. The molecule has 146 valence electrons. The summed E-state index contributed by atoms with van der Waals surface area (Å²) in [5, 5.41) is 2.93. The van der Waals surface area contributed by atoms with E-state index in [-0.39, 0.29) is 29.3 Å². The van der Waals surface area contributed by atoms with E-state index in [1.807, 2.05) is 44.2 Å². The van der Waals surface area contributed by atoms with Crippen LogP contribution in [0.3, 0.4) is 0 Å². The molecule has 27 heavy (non-hydrogen) atoms. The number of benzene rings is 1. The maximum atomic E-state index is 12.5. The van der Waals surface area contributed by atoms with Crippen LogP contribution in [-0.2, 0) is 21.4 Å². The van der Waals surface area contributed by atoms with Gasteiger partial charge in [-0.2, -0.15) is 0 Å². The molecule has 7 nitrogen and oxygen atoms in total. The molecule has 1 atom stereocenters. The third-order valence-electron chi connectivity index (χ3n) is 4.19. The molecular weight excluding hydrogens is 366 g/mol. The molecule has 0 fully saturated rings. The summed E-state index contributed by atoms with van der Waals surface area (Å²) in [5.41, 5.74) is 0.529. The summed E-state index contributed by atoms with van der Waals surface area (Å²) in [4.78, 5) is 24.5. The molecule has 0 aliphatic carbocycles. The quantitative estimate of drug-likeness (QED) is 0.777. The highest BCUT2D eigenvalue weighted by Crippen LogP contribution is 2.21. The highest BCUT2D eigenvalue weighted by Gasteiger charge is 2.21. The minimum absolute atomic E-state index is 0.0385. The zero-order chi connectivity index (χ0) is 20.2. The molecule has 2 aromatic rings. The number of hydrogen-bond donors (Lipinski definition) is 1. The number of sulfonamides is 1. The Kier molecular flexibility index (Phi) is 6.56. The van der Waals surface area contributed by atoms with Gasteiger partial charge in [0.05, 0.1) is 10.9 Å². The lowest BCUT2D eigenvalue weighted by Gasteiger charge is -2.23. The lowest BCUT2D eigenvalue weighted by Crippen LogP contribution is -2.36. The molecule has 1 N–H and O–H groups in total. The van der Waals surface area contributed by atoms with E-state index >= 15 is 0 Å². The second kappa shape index (κ2) is 8.49. The van der Waals surface area contributed by atoms with Gasteiger partial charge in [0.15, 0.2) is 0 Å². The van der Waals surface area contributed by atoms with Crippen LogP contribution in [0.5, 0.6) is 0 Å². The second-order valence-electron chi connectivity index (χ2n) is 6.82. The zero-order valence-electron chi connectivity index (χ0n) is 15.9. The van der Waals surface area contributed by atoms with E-state index in [1.165, 1.54) is 26.4 Å². The highest BCUT2D eigenvalue weighted by atomic mass is 32.2. The van der Waals surface area contributed by atoms with Gasteiger partial charge in [0.2, 0.25) is 15.9 Å². The Bertz CT molecular complexity index is 950. The van der Waals surface area contributed by atoms with E-state index in [1.54, 1.807) is 0 Å². The fourth-order valence-corrected chi connectivity index (χ4v) is 3.59. The van der Waals surface area contributed by atoms with Crippen molar-refractivity contribution in [1.82, 2.24) is 14.2 Å². The van der Waals surface area contributed by atoms with E-state index in [2.05, 4.69) is 5.32 Å². The smallest absolute Gasteiger partial charge is 0.251 e. The van der Waals surface area contributed by atoms with Gasteiger partial charge in [-0.3, -0.25) is 9.59 Å². The number of nitrogens with zero attached hydrogens (tertiary/aromatic N) is 2. The van der Waals surface area contributed by atoms with E-state index < -0.39 is 15.6 Å². The Labute approximate surface area is 159 Å². The number of carbonyl (C=O) groups is 1. The summed E-state index contributed by atoms with van der Waals surface area (Å²) < 4.78 is 26.6. The first-order valence-corrected chi connectivity index (χ1v) is 10.0. The normalized spacial score (nSPS) is 13.0. The predicted molar refractivity (Wildman–Crippen MR) is 104 cm³/mol. The van der Waals surface area contributed by atoms with Crippen molar-refractivity contribution in [3.8, 4) is 0 Å². The minimum Gasteiger partial charge on any atom is -0.347 e. The maximum absolute atomic E-state index is 12.5. The van der Waals surface area contributed by atoms with E-state index in [4.69, 9.17) is 0 Å². The lowest BCUT2D eigenvalue weighted by molar-refractivity contribution is -0.122. The van der Waals surface area contributed by atoms with Gasteiger partial charge < -0.3 is 9.88 Å². The Hall–Kier alpha value is -2.45. The van der Waals surface area contributed by atoms with E-state index in [0.29, 0.717) is 0 Å². The van der Waals surface area contributed by atoms with Gasteiger partial charge in [-0.1, -0.05) is 44.2 Å². The Morgan fingerprint density at radius 2 is 1.74 bits per heavy atom. The van der Waals surface area contributed by atoms with E-state index in [0.717, 1.165) is 20.5 Å². The van der Waals surface area contributed by atoms with Crippen LogP contribution in [0, 0.1) is 5.92 Å². The number of hydrogen-bond acceptors (Lipinski definition) is 4. The van der Waals surface area contributed by atoms with Crippen molar-refractivity contribution in [2.75, 3.05) is 14.1 Å². The van der Waals surface area contributed by atoms with Gasteiger partial charge >= 0.3 is 0 Å². The van der Waals surface area contributed by atoms with Crippen molar-refractivity contribution in [3.63, 3.8) is 0 Å². The number of pyridine rings is 1. The Morgan fingerprint density at radius 3 is 2.30 bits per heavy atom. The molecule has 0 saturated heterocycles. The third kappa shape index (κ3) is 5.05. The average molecular weight is 391 g/mol. The summed E-state index contributed by atoms with van der Waals surface area (Å²) >= 11 is 0. The predicted octanol–water partition coefficient (Wildman–Crippen LogP) is 1.61. The molecule has 1 heterocycles. The van der Waals surface area contributed by atoms with Crippen LogP contribution in [0.15, 0.2) is 58.4 Å². The maximum Gasteiger partial charge on any atom is 0.251 e. The molecule has 2 rings (SSSR count). The molecular formula is C19H25N3O4S. The highest BCUT2D eigenvalue weighted by molar-refractivity contribution is 7.89. The number of rotatable bonds is 7. The number of aromatic nitrogens is 1. The first-order chi connectivity index (χ1) is 12.6. The topological polar surface area (TPSA) is 88.5 Å². The van der Waals surface area contributed by atoms with Crippen molar-refractivity contribution in [1.29, 1.82) is 0 Å². The minimum atomic E-state index is -3.69. The molecule has 1 amide bonds. The largest absolute Gasteiger partial charge is 0.347 e. The summed E-state index contributed by atoms with van der Waals surface area (Å²) in [7, 11) is -0.875. The molecule has 0 saturated carbocycles. The summed E-state index contributed by atoms with van der Waals surface area (Å²) in [5.74, 6) is -0.215. The molecule has 0 spiro atoms. The van der Waals surface area contributed by atoms with Gasteiger partial charge in [-0.25, -0.2) is 12.7 Å². The van der Waals surface area contributed by atoms with Crippen molar-refractivity contribution < 1.29 is 13.2 Å². The zero-order valence-corrected chi connectivity index (χ0v) is 16.7. The van der Waals surface area contributed by atoms with Crippen molar-refractivity contribution in [2.45, 2.75) is 31.3 Å². The van der Waals surface area contributed by atoms with Crippen LogP contribution >= 0.6 is 0 Å². The standard InChI is InChI=1S/C19H25N3O4S/c1-14(2)19(15-8-6-5-7-9-15)20-17(23)13-22-12-16(10-11-18(22)24)27(25,26)21(3)4/h5-12,14,19H,13H2,1-4H3,(H,20,23). The lowest BCUT2D eigenvalue weighted by atomic mass is 9.96. The molecule has 0 bridgehead atoms. The Balaban J connectivity index is 2.24. The number of carbonyl (C=O) groups excluding carboxylic acids is 1. The van der Waals surface area contributed by atoms with Crippen LogP contribution < -0.4 is 10.9 Å². The van der Waals surface area contributed by atoms with Crippen LogP contribution in [-0.4, -0.2) is 37.3 Å². The monoisotopic (exact) mass is 391 g/mol. The summed E-state index contributed by atoms with van der Waals surface area (Å²) in [6, 6.07) is 11.8.